The summed E-state index contributed by atoms with van der Waals surface area (Å²) in [5.41, 5.74) is 3.43. The van der Waals surface area contributed by atoms with Crippen molar-refractivity contribution in [2.24, 2.45) is 0 Å². The molecule has 5 nitrogen and oxygen atoms in total. The van der Waals surface area contributed by atoms with Crippen LogP contribution in [-0.2, 0) is 0 Å². The Balaban J connectivity index is 1.82. The lowest BCUT2D eigenvalue weighted by Gasteiger charge is -2.25. The highest BCUT2D eigenvalue weighted by Gasteiger charge is 2.43. The molecule has 0 N–H and O–H groups in total. The third-order valence-electron chi connectivity index (χ3n) is 6.00. The van der Waals surface area contributed by atoms with E-state index in [4.69, 9.17) is 9.15 Å². The minimum absolute atomic E-state index is 0.00268. The molecule has 0 fully saturated rings. The van der Waals surface area contributed by atoms with E-state index < -0.39 is 17.8 Å². The lowest BCUT2D eigenvalue weighted by atomic mass is 9.97. The van der Waals surface area contributed by atoms with Gasteiger partial charge in [0.15, 0.2) is 5.43 Å². The molecule has 6 heteroatoms. The first kappa shape index (κ1) is 20.0. The summed E-state index contributed by atoms with van der Waals surface area (Å²) in [7, 11) is 1.54. The number of carbonyl (C=O) groups is 1. The van der Waals surface area contributed by atoms with Crippen molar-refractivity contribution >= 4 is 22.6 Å². The molecule has 1 aliphatic heterocycles. The van der Waals surface area contributed by atoms with Crippen LogP contribution in [-0.4, -0.2) is 13.0 Å². The molecular weight excluding hydrogens is 409 g/mol. The molecule has 0 saturated heterocycles. The third-order valence-corrected chi connectivity index (χ3v) is 6.00. The summed E-state index contributed by atoms with van der Waals surface area (Å²) in [6.45, 7) is 3.85. The van der Waals surface area contributed by atoms with E-state index in [1.54, 1.807) is 55.6 Å². The van der Waals surface area contributed by atoms with Crippen LogP contribution in [0.1, 0.15) is 38.9 Å². The van der Waals surface area contributed by atoms with Crippen LogP contribution in [0.2, 0.25) is 0 Å². The molecule has 32 heavy (non-hydrogen) atoms. The number of ether oxygens (including phenoxy) is 1. The largest absolute Gasteiger partial charge is 0.497 e. The van der Waals surface area contributed by atoms with E-state index in [0.717, 1.165) is 11.1 Å². The molecule has 1 aliphatic rings. The van der Waals surface area contributed by atoms with Gasteiger partial charge in [-0.05, 0) is 66.9 Å². The molecule has 1 amide bonds. The number of hydrogen-bond acceptors (Lipinski definition) is 4. The van der Waals surface area contributed by atoms with Crippen LogP contribution < -0.4 is 15.1 Å². The third kappa shape index (κ3) is 2.99. The molecular formula is C26H20FNO4. The van der Waals surface area contributed by atoms with Gasteiger partial charge in [0.25, 0.3) is 5.91 Å². The van der Waals surface area contributed by atoms with Gasteiger partial charge in [0.2, 0.25) is 5.76 Å². The molecule has 160 valence electrons. The van der Waals surface area contributed by atoms with Crippen molar-refractivity contribution in [2.45, 2.75) is 19.9 Å². The van der Waals surface area contributed by atoms with Gasteiger partial charge in [0, 0.05) is 11.8 Å². The van der Waals surface area contributed by atoms with Crippen LogP contribution in [0.25, 0.3) is 11.0 Å². The van der Waals surface area contributed by atoms with Crippen LogP contribution >= 0.6 is 0 Å². The lowest BCUT2D eigenvalue weighted by Crippen LogP contribution is -2.29. The van der Waals surface area contributed by atoms with Crippen molar-refractivity contribution in [3.05, 3.63) is 105 Å². The average molecular weight is 429 g/mol. The number of nitrogens with zero attached hydrogens (tertiary/aromatic N) is 1. The molecule has 2 heterocycles. The normalized spacial score (nSPS) is 15.3. The van der Waals surface area contributed by atoms with Crippen LogP contribution in [0.4, 0.5) is 10.1 Å². The Morgan fingerprint density at radius 2 is 1.69 bits per heavy atom. The number of aryl methyl sites for hydroxylation is 2. The molecule has 1 aromatic heterocycles. The van der Waals surface area contributed by atoms with E-state index in [-0.39, 0.29) is 16.8 Å². The van der Waals surface area contributed by atoms with Crippen molar-refractivity contribution in [3.63, 3.8) is 0 Å². The highest BCUT2D eigenvalue weighted by Crippen LogP contribution is 2.42. The zero-order valence-corrected chi connectivity index (χ0v) is 17.8. The first-order valence-electron chi connectivity index (χ1n) is 10.2. The van der Waals surface area contributed by atoms with Crippen LogP contribution in [0.15, 0.2) is 69.9 Å². The number of methoxy groups -OCH3 is 1. The highest BCUT2D eigenvalue weighted by atomic mass is 19.1. The summed E-state index contributed by atoms with van der Waals surface area (Å²) in [6.07, 6.45) is 0. The Hall–Kier alpha value is -3.93. The summed E-state index contributed by atoms with van der Waals surface area (Å²) < 4.78 is 25.0. The summed E-state index contributed by atoms with van der Waals surface area (Å²) in [4.78, 5) is 28.7. The molecule has 0 radical (unpaired) electrons. The topological polar surface area (TPSA) is 59.8 Å². The van der Waals surface area contributed by atoms with E-state index >= 15 is 0 Å². The van der Waals surface area contributed by atoms with E-state index in [2.05, 4.69) is 0 Å². The number of hydrogen-bond donors (Lipinski definition) is 0. The molecule has 1 atom stereocenters. The maximum atomic E-state index is 13.7. The van der Waals surface area contributed by atoms with Gasteiger partial charge in [-0.2, -0.15) is 0 Å². The average Bonchev–Trinajstić information content (AvgIpc) is 3.08. The predicted molar refractivity (Wildman–Crippen MR) is 120 cm³/mol. The minimum atomic E-state index is -0.757. The van der Waals surface area contributed by atoms with Gasteiger partial charge in [0.05, 0.1) is 24.1 Å². The van der Waals surface area contributed by atoms with Gasteiger partial charge in [-0.3, -0.25) is 14.5 Å². The Bertz CT molecular complexity index is 1440. The molecule has 0 saturated carbocycles. The molecule has 1 unspecified atom stereocenters. The van der Waals surface area contributed by atoms with Crippen molar-refractivity contribution in [3.8, 4) is 5.75 Å². The van der Waals surface area contributed by atoms with Crippen molar-refractivity contribution in [2.75, 3.05) is 12.0 Å². The zero-order chi connectivity index (χ0) is 22.6. The molecule has 0 aliphatic carbocycles. The summed E-state index contributed by atoms with van der Waals surface area (Å²) >= 11 is 0. The smallest absolute Gasteiger partial charge is 0.295 e. The summed E-state index contributed by atoms with van der Waals surface area (Å²) in [5.74, 6) is -0.259. The Kier molecular flexibility index (Phi) is 4.59. The van der Waals surface area contributed by atoms with Crippen LogP contribution in [0.5, 0.6) is 5.75 Å². The quantitative estimate of drug-likeness (QED) is 0.443. The van der Waals surface area contributed by atoms with Crippen molar-refractivity contribution in [1.29, 1.82) is 0 Å². The maximum Gasteiger partial charge on any atom is 0.295 e. The fraction of sp³-hybridized carbons (Fsp3) is 0.154. The van der Waals surface area contributed by atoms with Crippen molar-refractivity contribution in [1.82, 2.24) is 0 Å². The Morgan fingerprint density at radius 1 is 0.969 bits per heavy atom. The fourth-order valence-electron chi connectivity index (χ4n) is 4.22. The van der Waals surface area contributed by atoms with E-state index in [1.807, 2.05) is 13.8 Å². The second kappa shape index (κ2) is 7.34. The second-order valence-corrected chi connectivity index (χ2v) is 7.94. The molecule has 0 spiro atoms. The number of carbonyl (C=O) groups excluding carboxylic acids is 1. The van der Waals surface area contributed by atoms with Gasteiger partial charge < -0.3 is 9.15 Å². The van der Waals surface area contributed by atoms with Gasteiger partial charge in [-0.25, -0.2) is 4.39 Å². The molecule has 5 rings (SSSR count). The molecule has 0 bridgehead atoms. The number of fused-ring (bicyclic) bond motifs is 2. The lowest BCUT2D eigenvalue weighted by molar-refractivity contribution is 0.0971. The second-order valence-electron chi connectivity index (χ2n) is 7.94. The predicted octanol–water partition coefficient (Wildman–Crippen LogP) is 5.31. The van der Waals surface area contributed by atoms with Crippen LogP contribution in [0.3, 0.4) is 0 Å². The van der Waals surface area contributed by atoms with E-state index in [1.165, 1.54) is 17.0 Å². The number of anilines is 1. The monoisotopic (exact) mass is 429 g/mol. The van der Waals surface area contributed by atoms with Crippen molar-refractivity contribution < 1.29 is 18.3 Å². The molecule has 3 aromatic carbocycles. The zero-order valence-electron chi connectivity index (χ0n) is 17.8. The van der Waals surface area contributed by atoms with Gasteiger partial charge in [0.1, 0.15) is 17.1 Å². The van der Waals surface area contributed by atoms with Gasteiger partial charge >= 0.3 is 0 Å². The van der Waals surface area contributed by atoms with Crippen LogP contribution in [0, 0.1) is 19.7 Å². The highest BCUT2D eigenvalue weighted by molar-refractivity contribution is 6.10. The number of halogens is 1. The molecule has 4 aromatic rings. The Labute approximate surface area is 183 Å². The maximum absolute atomic E-state index is 13.7. The summed E-state index contributed by atoms with van der Waals surface area (Å²) in [6, 6.07) is 15.6. The first-order valence-corrected chi connectivity index (χ1v) is 10.2. The summed E-state index contributed by atoms with van der Waals surface area (Å²) in [5, 5.41) is 0.416. The number of rotatable bonds is 3. The fourth-order valence-corrected chi connectivity index (χ4v) is 4.22. The first-order chi connectivity index (χ1) is 15.4. The SMILES string of the molecule is COc1cccc(N2C(=O)c3oc4cc(C)c(C)cc4c(=O)c3C2c2ccc(F)cc2)c1. The minimum Gasteiger partial charge on any atom is -0.497 e. The van der Waals surface area contributed by atoms with E-state index in [0.29, 0.717) is 28.0 Å². The van der Waals surface area contributed by atoms with Gasteiger partial charge in [-0.1, -0.05) is 18.2 Å². The van der Waals surface area contributed by atoms with Gasteiger partial charge in [-0.15, -0.1) is 0 Å². The standard InChI is InChI=1S/C26H20FNO4/c1-14-11-20-21(12-15(14)2)32-25-22(24(20)29)23(16-7-9-17(27)10-8-16)28(26(25)30)18-5-4-6-19(13-18)31-3/h4-13,23H,1-3H3. The number of benzene rings is 3. The Morgan fingerprint density at radius 3 is 2.41 bits per heavy atom. The van der Waals surface area contributed by atoms with E-state index in [9.17, 15) is 14.0 Å². The number of amides is 1.